The molecule has 0 amide bonds. The van der Waals surface area contributed by atoms with E-state index in [4.69, 9.17) is 5.73 Å². The van der Waals surface area contributed by atoms with Gasteiger partial charge in [-0.3, -0.25) is 4.90 Å². The molecule has 0 aromatic rings. The molecule has 2 N–H and O–H groups in total. The number of nitrogens with zero attached hydrogens (tertiary/aromatic N) is 2. The second kappa shape index (κ2) is 5.89. The van der Waals surface area contributed by atoms with Crippen LogP contribution in [-0.2, 0) is 0 Å². The van der Waals surface area contributed by atoms with Crippen molar-refractivity contribution in [2.75, 3.05) is 33.2 Å². The van der Waals surface area contributed by atoms with Gasteiger partial charge in [0.2, 0.25) is 0 Å². The summed E-state index contributed by atoms with van der Waals surface area (Å²) in [5.74, 6) is 0. The minimum Gasteiger partial charge on any atom is -0.325 e. The van der Waals surface area contributed by atoms with Crippen LogP contribution in [0.4, 0.5) is 0 Å². The highest BCUT2D eigenvalue weighted by atomic mass is 15.2. The molecule has 1 heterocycles. The third kappa shape index (κ3) is 3.94. The lowest BCUT2D eigenvalue weighted by Gasteiger charge is -2.44. The number of hydrogen-bond donors (Lipinski definition) is 1. The predicted octanol–water partition coefficient (Wildman–Crippen LogP) is 2.17. The Morgan fingerprint density at radius 1 is 1.17 bits per heavy atom. The van der Waals surface area contributed by atoms with Crippen LogP contribution < -0.4 is 5.73 Å². The smallest absolute Gasteiger partial charge is 0.0220 e. The van der Waals surface area contributed by atoms with Crippen LogP contribution in [0, 0.1) is 5.41 Å². The average Bonchev–Trinajstić information content (AvgIpc) is 2.38. The zero-order valence-electron chi connectivity index (χ0n) is 13.3. The van der Waals surface area contributed by atoms with Gasteiger partial charge >= 0.3 is 0 Å². The Balaban J connectivity index is 2.74. The van der Waals surface area contributed by atoms with Gasteiger partial charge in [-0.15, -0.1) is 0 Å². The third-order valence-corrected chi connectivity index (χ3v) is 4.84. The topological polar surface area (TPSA) is 32.5 Å². The molecule has 1 rings (SSSR count). The highest BCUT2D eigenvalue weighted by Gasteiger charge is 2.36. The molecule has 3 heteroatoms. The van der Waals surface area contributed by atoms with Crippen LogP contribution in [0.25, 0.3) is 0 Å². The first kappa shape index (κ1) is 15.9. The Labute approximate surface area is 114 Å². The van der Waals surface area contributed by atoms with Crippen molar-refractivity contribution < 1.29 is 0 Å². The fourth-order valence-corrected chi connectivity index (χ4v) is 2.60. The summed E-state index contributed by atoms with van der Waals surface area (Å²) >= 11 is 0. The molecule has 1 unspecified atom stereocenters. The van der Waals surface area contributed by atoms with Crippen molar-refractivity contribution in [3.05, 3.63) is 0 Å². The largest absolute Gasteiger partial charge is 0.325 e. The molecule has 1 aliphatic rings. The molecule has 1 saturated heterocycles. The van der Waals surface area contributed by atoms with Crippen molar-refractivity contribution in [2.24, 2.45) is 11.1 Å². The van der Waals surface area contributed by atoms with E-state index >= 15 is 0 Å². The first-order valence-corrected chi connectivity index (χ1v) is 7.39. The standard InChI is InChI=1S/C15H33N3/c1-7-13-11-17(6)9-8-10-18(13)12-14(2,3)15(4,5)16/h13H,7-12,16H2,1-6H3. The molecule has 0 aromatic carbocycles. The average molecular weight is 255 g/mol. The van der Waals surface area contributed by atoms with Gasteiger partial charge in [-0.2, -0.15) is 0 Å². The first-order valence-electron chi connectivity index (χ1n) is 7.39. The van der Waals surface area contributed by atoms with Crippen molar-refractivity contribution in [1.82, 2.24) is 9.80 Å². The third-order valence-electron chi connectivity index (χ3n) is 4.84. The Morgan fingerprint density at radius 2 is 1.78 bits per heavy atom. The number of nitrogens with two attached hydrogens (primary N) is 1. The highest BCUT2D eigenvalue weighted by molar-refractivity contribution is 4.94. The second-order valence-corrected chi connectivity index (χ2v) is 7.25. The summed E-state index contributed by atoms with van der Waals surface area (Å²) in [7, 11) is 2.24. The summed E-state index contributed by atoms with van der Waals surface area (Å²) in [6.45, 7) is 15.9. The van der Waals surface area contributed by atoms with Gasteiger partial charge in [-0.1, -0.05) is 20.8 Å². The van der Waals surface area contributed by atoms with Crippen molar-refractivity contribution >= 4 is 0 Å². The molecule has 0 aromatic heterocycles. The van der Waals surface area contributed by atoms with Gasteiger partial charge in [-0.25, -0.2) is 0 Å². The van der Waals surface area contributed by atoms with Crippen LogP contribution in [0.2, 0.25) is 0 Å². The van der Waals surface area contributed by atoms with E-state index in [0.717, 1.165) is 6.54 Å². The van der Waals surface area contributed by atoms with Crippen molar-refractivity contribution in [3.63, 3.8) is 0 Å². The summed E-state index contributed by atoms with van der Waals surface area (Å²) in [5.41, 5.74) is 6.35. The lowest BCUT2D eigenvalue weighted by Crippen LogP contribution is -2.55. The van der Waals surface area contributed by atoms with Gasteiger partial charge in [0, 0.05) is 24.7 Å². The van der Waals surface area contributed by atoms with Gasteiger partial charge in [0.05, 0.1) is 0 Å². The van der Waals surface area contributed by atoms with Crippen LogP contribution in [0.15, 0.2) is 0 Å². The van der Waals surface area contributed by atoms with E-state index in [-0.39, 0.29) is 11.0 Å². The molecular weight excluding hydrogens is 222 g/mol. The molecule has 0 spiro atoms. The molecular formula is C15H33N3. The normalized spacial score (nSPS) is 25.2. The van der Waals surface area contributed by atoms with E-state index in [9.17, 15) is 0 Å². The fraction of sp³-hybridized carbons (Fsp3) is 1.00. The molecule has 0 aliphatic carbocycles. The van der Waals surface area contributed by atoms with Crippen LogP contribution in [-0.4, -0.2) is 54.6 Å². The van der Waals surface area contributed by atoms with Gasteiger partial charge in [0.1, 0.15) is 0 Å². The molecule has 0 saturated carbocycles. The minimum atomic E-state index is -0.135. The number of likely N-dealkylation sites (N-methyl/N-ethyl adjacent to an activating group) is 1. The van der Waals surface area contributed by atoms with Gasteiger partial charge in [0.15, 0.2) is 0 Å². The SMILES string of the molecule is CCC1CN(C)CCCN1CC(C)(C)C(C)(C)N. The number of hydrogen-bond acceptors (Lipinski definition) is 3. The lowest BCUT2D eigenvalue weighted by molar-refractivity contribution is 0.0813. The Morgan fingerprint density at radius 3 is 2.28 bits per heavy atom. The second-order valence-electron chi connectivity index (χ2n) is 7.25. The van der Waals surface area contributed by atoms with E-state index in [0.29, 0.717) is 6.04 Å². The number of rotatable bonds is 4. The van der Waals surface area contributed by atoms with Crippen molar-refractivity contribution in [3.8, 4) is 0 Å². The van der Waals surface area contributed by atoms with Gasteiger partial charge in [-0.05, 0) is 52.2 Å². The molecule has 0 bridgehead atoms. The van der Waals surface area contributed by atoms with E-state index in [1.165, 1.54) is 32.5 Å². The zero-order valence-corrected chi connectivity index (χ0v) is 13.3. The highest BCUT2D eigenvalue weighted by Crippen LogP contribution is 2.30. The summed E-state index contributed by atoms with van der Waals surface area (Å²) in [6.07, 6.45) is 2.50. The molecule has 1 atom stereocenters. The maximum absolute atomic E-state index is 6.35. The predicted molar refractivity (Wildman–Crippen MR) is 79.8 cm³/mol. The molecule has 108 valence electrons. The van der Waals surface area contributed by atoms with E-state index < -0.39 is 0 Å². The van der Waals surface area contributed by atoms with Crippen LogP contribution in [0.1, 0.15) is 47.5 Å². The molecule has 3 nitrogen and oxygen atoms in total. The fourth-order valence-electron chi connectivity index (χ4n) is 2.60. The Hall–Kier alpha value is -0.120. The van der Waals surface area contributed by atoms with Crippen LogP contribution in [0.5, 0.6) is 0 Å². The van der Waals surface area contributed by atoms with Crippen molar-refractivity contribution in [1.29, 1.82) is 0 Å². The molecule has 1 aliphatic heterocycles. The zero-order chi connectivity index (χ0) is 14.0. The monoisotopic (exact) mass is 255 g/mol. The van der Waals surface area contributed by atoms with Crippen LogP contribution >= 0.6 is 0 Å². The van der Waals surface area contributed by atoms with Crippen molar-refractivity contribution in [2.45, 2.75) is 59.0 Å². The molecule has 0 radical (unpaired) electrons. The van der Waals surface area contributed by atoms with Gasteiger partial charge in [0.25, 0.3) is 0 Å². The maximum Gasteiger partial charge on any atom is 0.0220 e. The quantitative estimate of drug-likeness (QED) is 0.835. The van der Waals surface area contributed by atoms with E-state index in [1.807, 2.05) is 0 Å². The minimum absolute atomic E-state index is 0.135. The molecule has 1 fully saturated rings. The van der Waals surface area contributed by atoms with Gasteiger partial charge < -0.3 is 10.6 Å². The summed E-state index contributed by atoms with van der Waals surface area (Å²) in [4.78, 5) is 5.13. The van der Waals surface area contributed by atoms with E-state index in [1.54, 1.807) is 0 Å². The molecule has 18 heavy (non-hydrogen) atoms. The summed E-state index contributed by atoms with van der Waals surface area (Å²) < 4.78 is 0. The maximum atomic E-state index is 6.35. The Kier molecular flexibility index (Phi) is 5.22. The summed E-state index contributed by atoms with van der Waals surface area (Å²) in [6, 6.07) is 0.680. The Bertz CT molecular complexity index is 255. The van der Waals surface area contributed by atoms with E-state index in [2.05, 4.69) is 51.5 Å². The first-order chi connectivity index (χ1) is 8.17. The summed E-state index contributed by atoms with van der Waals surface area (Å²) in [5, 5.41) is 0. The lowest BCUT2D eigenvalue weighted by atomic mass is 9.74. The van der Waals surface area contributed by atoms with Crippen LogP contribution in [0.3, 0.4) is 0 Å².